The summed E-state index contributed by atoms with van der Waals surface area (Å²) in [4.78, 5) is 94.4. The van der Waals surface area contributed by atoms with Gasteiger partial charge in [0.1, 0.15) is 29.9 Å². The minimum Gasteiger partial charge on any atom is -0.404 e. The van der Waals surface area contributed by atoms with Crippen molar-refractivity contribution in [2.75, 3.05) is 6.54 Å². The zero-order valence-electron chi connectivity index (χ0n) is 24.9. The SMILES string of the molecule is CC(=O)N[C@@H](Cc1ccc(OP(=O)(O)O)cc1)C(=O)N[C@@H](CC(C)C)C(=O)N1CCC[C@H]1C(=O)N[C@H](CCC(N)=O)C(N)=O. The van der Waals surface area contributed by atoms with E-state index in [-0.39, 0.29) is 43.9 Å². The van der Waals surface area contributed by atoms with Gasteiger partial charge in [0.05, 0.1) is 0 Å². The third-order valence-corrected chi connectivity index (χ3v) is 7.23. The maximum atomic E-state index is 13.7. The smallest absolute Gasteiger partial charge is 0.404 e. The Morgan fingerprint density at radius 2 is 1.64 bits per heavy atom. The molecule has 6 amide bonds. The van der Waals surface area contributed by atoms with Crippen molar-refractivity contribution < 1.29 is 47.6 Å². The van der Waals surface area contributed by atoms with E-state index in [1.807, 2.05) is 13.8 Å². The van der Waals surface area contributed by atoms with Crippen molar-refractivity contribution in [2.45, 2.75) is 83.5 Å². The number of benzene rings is 1. The summed E-state index contributed by atoms with van der Waals surface area (Å²) < 4.78 is 15.6. The van der Waals surface area contributed by atoms with Gasteiger partial charge in [-0.05, 0) is 49.3 Å². The van der Waals surface area contributed by atoms with Gasteiger partial charge < -0.3 is 36.8 Å². The van der Waals surface area contributed by atoms with Gasteiger partial charge in [0.25, 0.3) is 0 Å². The molecule has 1 heterocycles. The van der Waals surface area contributed by atoms with Gasteiger partial charge in [-0.15, -0.1) is 0 Å². The maximum Gasteiger partial charge on any atom is 0.524 e. The molecule has 9 N–H and O–H groups in total. The maximum absolute atomic E-state index is 13.7. The Bertz CT molecular complexity index is 1270. The fourth-order valence-electron chi connectivity index (χ4n) is 4.82. The minimum absolute atomic E-state index is 0.0151. The van der Waals surface area contributed by atoms with Crippen molar-refractivity contribution >= 4 is 43.3 Å². The van der Waals surface area contributed by atoms with E-state index >= 15 is 0 Å². The van der Waals surface area contributed by atoms with Crippen molar-refractivity contribution in [2.24, 2.45) is 17.4 Å². The Kier molecular flexibility index (Phi) is 13.3. The molecule has 0 bridgehead atoms. The van der Waals surface area contributed by atoms with Crippen LogP contribution in [0.4, 0.5) is 0 Å². The summed E-state index contributed by atoms with van der Waals surface area (Å²) in [6, 6.07) is 1.30. The van der Waals surface area contributed by atoms with Crippen LogP contribution in [-0.2, 0) is 39.8 Å². The average Bonchev–Trinajstić information content (AvgIpc) is 3.39. The van der Waals surface area contributed by atoms with Crippen LogP contribution in [0.2, 0.25) is 0 Å². The van der Waals surface area contributed by atoms with Gasteiger partial charge in [-0.25, -0.2) is 4.57 Å². The Labute approximate surface area is 254 Å². The normalized spacial score (nSPS) is 16.9. The first-order valence-corrected chi connectivity index (χ1v) is 15.6. The van der Waals surface area contributed by atoms with Gasteiger partial charge in [-0.2, -0.15) is 0 Å². The second-order valence-corrected chi connectivity index (χ2v) is 12.2. The van der Waals surface area contributed by atoms with Gasteiger partial charge in [-0.1, -0.05) is 26.0 Å². The minimum atomic E-state index is -4.76. The van der Waals surface area contributed by atoms with Crippen LogP contribution in [0, 0.1) is 5.92 Å². The Morgan fingerprint density at radius 1 is 1.00 bits per heavy atom. The molecule has 1 aromatic carbocycles. The molecule has 44 heavy (non-hydrogen) atoms. The van der Waals surface area contributed by atoms with Crippen molar-refractivity contribution in [3.63, 3.8) is 0 Å². The average molecular weight is 641 g/mol. The van der Waals surface area contributed by atoms with Crippen LogP contribution in [0.25, 0.3) is 0 Å². The van der Waals surface area contributed by atoms with Crippen molar-refractivity contribution in [3.8, 4) is 5.75 Å². The highest BCUT2D eigenvalue weighted by atomic mass is 31.2. The molecular weight excluding hydrogens is 599 g/mol. The number of rotatable bonds is 16. The molecule has 0 saturated carbocycles. The number of amides is 6. The first kappa shape index (κ1) is 36.2. The monoisotopic (exact) mass is 640 g/mol. The molecule has 0 aromatic heterocycles. The number of likely N-dealkylation sites (tertiary alicyclic amines) is 1. The fraction of sp³-hybridized carbons (Fsp3) is 0.556. The zero-order valence-corrected chi connectivity index (χ0v) is 25.7. The second kappa shape index (κ2) is 16.2. The second-order valence-electron chi connectivity index (χ2n) is 11.0. The van der Waals surface area contributed by atoms with Crippen molar-refractivity contribution in [1.82, 2.24) is 20.9 Å². The Balaban J connectivity index is 2.20. The summed E-state index contributed by atoms with van der Waals surface area (Å²) >= 11 is 0. The van der Waals surface area contributed by atoms with Crippen LogP contribution in [0.1, 0.15) is 58.4 Å². The molecule has 4 atom stereocenters. The molecule has 0 spiro atoms. The Morgan fingerprint density at radius 3 is 2.16 bits per heavy atom. The standard InChI is InChI=1S/C27H41N6O10P/c1-15(2)13-21(27(39)33-12-4-5-22(33)26(38)31-19(24(29)36)10-11-23(28)35)32-25(37)20(30-16(3)34)14-17-6-8-18(9-7-17)43-44(40,41)42/h6-9,15,19-22H,4-5,10-14H2,1-3H3,(H2,28,35)(H2,29,36)(H,30,34)(H,31,38)(H,32,37)(H2,40,41,42)/t19-,20+,21+,22+/m1/s1. The molecule has 1 aliphatic heterocycles. The van der Waals surface area contributed by atoms with Gasteiger partial charge in [0, 0.05) is 26.3 Å². The first-order valence-electron chi connectivity index (χ1n) is 14.1. The van der Waals surface area contributed by atoms with E-state index in [1.54, 1.807) is 0 Å². The molecule has 0 aliphatic carbocycles. The fourth-order valence-corrected chi connectivity index (χ4v) is 5.22. The number of carbonyl (C=O) groups is 6. The summed E-state index contributed by atoms with van der Waals surface area (Å²) in [6.45, 7) is 5.15. The van der Waals surface area contributed by atoms with Crippen LogP contribution in [0.3, 0.4) is 0 Å². The number of hydrogen-bond acceptors (Lipinski definition) is 8. The van der Waals surface area contributed by atoms with E-state index in [0.29, 0.717) is 18.4 Å². The first-order chi connectivity index (χ1) is 20.5. The number of phosphoric ester groups is 1. The van der Waals surface area contributed by atoms with E-state index in [2.05, 4.69) is 20.5 Å². The lowest BCUT2D eigenvalue weighted by Gasteiger charge is -2.31. The summed E-state index contributed by atoms with van der Waals surface area (Å²) in [7, 11) is -4.76. The van der Waals surface area contributed by atoms with Crippen LogP contribution in [-0.4, -0.2) is 80.8 Å². The van der Waals surface area contributed by atoms with Gasteiger partial charge >= 0.3 is 7.82 Å². The highest BCUT2D eigenvalue weighted by molar-refractivity contribution is 7.46. The van der Waals surface area contributed by atoms with E-state index in [4.69, 9.17) is 21.3 Å². The molecule has 2 rings (SSSR count). The van der Waals surface area contributed by atoms with Gasteiger partial charge in [0.2, 0.25) is 35.4 Å². The topological polar surface area (TPSA) is 261 Å². The van der Waals surface area contributed by atoms with E-state index in [0.717, 1.165) is 0 Å². The lowest BCUT2D eigenvalue weighted by Crippen LogP contribution is -2.58. The Hall–Kier alpha value is -4.01. The summed E-state index contributed by atoms with van der Waals surface area (Å²) in [6.07, 6.45) is 0.734. The quantitative estimate of drug-likeness (QED) is 0.108. The highest BCUT2D eigenvalue weighted by Gasteiger charge is 2.39. The van der Waals surface area contributed by atoms with Crippen LogP contribution >= 0.6 is 7.82 Å². The predicted molar refractivity (Wildman–Crippen MR) is 156 cm³/mol. The van der Waals surface area contributed by atoms with Crippen LogP contribution in [0.5, 0.6) is 5.75 Å². The third kappa shape index (κ3) is 11.9. The summed E-state index contributed by atoms with van der Waals surface area (Å²) in [5.41, 5.74) is 11.0. The summed E-state index contributed by atoms with van der Waals surface area (Å²) in [5, 5.41) is 7.77. The zero-order chi connectivity index (χ0) is 33.2. The number of nitrogens with one attached hydrogen (secondary N) is 3. The lowest BCUT2D eigenvalue weighted by atomic mass is 10.00. The van der Waals surface area contributed by atoms with Crippen LogP contribution < -0.4 is 31.9 Å². The van der Waals surface area contributed by atoms with E-state index in [9.17, 15) is 33.3 Å². The van der Waals surface area contributed by atoms with Crippen molar-refractivity contribution in [1.29, 1.82) is 0 Å². The molecule has 0 radical (unpaired) electrons. The van der Waals surface area contributed by atoms with Crippen molar-refractivity contribution in [3.05, 3.63) is 29.8 Å². The number of hydrogen-bond donors (Lipinski definition) is 7. The van der Waals surface area contributed by atoms with Crippen LogP contribution in [0.15, 0.2) is 24.3 Å². The third-order valence-electron chi connectivity index (χ3n) is 6.78. The largest absolute Gasteiger partial charge is 0.524 e. The molecule has 17 heteroatoms. The number of nitrogens with zero attached hydrogens (tertiary/aromatic N) is 1. The highest BCUT2D eigenvalue weighted by Crippen LogP contribution is 2.37. The molecule has 1 aliphatic rings. The summed E-state index contributed by atoms with van der Waals surface area (Å²) in [5.74, 6) is -3.96. The molecule has 1 aromatic rings. The molecular formula is C27H41N6O10P. The van der Waals surface area contributed by atoms with E-state index < -0.39 is 67.4 Å². The lowest BCUT2D eigenvalue weighted by molar-refractivity contribution is -0.142. The van der Waals surface area contributed by atoms with E-state index in [1.165, 1.54) is 36.1 Å². The molecule has 1 saturated heterocycles. The molecule has 244 valence electrons. The number of primary amides is 2. The molecule has 16 nitrogen and oxygen atoms in total. The molecule has 1 fully saturated rings. The van der Waals surface area contributed by atoms with Gasteiger partial charge in [-0.3, -0.25) is 38.6 Å². The number of carbonyl (C=O) groups excluding carboxylic acids is 6. The number of nitrogens with two attached hydrogens (primary N) is 2. The number of phosphoric acid groups is 1. The molecule has 0 unspecified atom stereocenters. The van der Waals surface area contributed by atoms with Gasteiger partial charge in [0.15, 0.2) is 0 Å². The predicted octanol–water partition coefficient (Wildman–Crippen LogP) is -1.04.